The van der Waals surface area contributed by atoms with Gasteiger partial charge < -0.3 is 15.0 Å². The Morgan fingerprint density at radius 3 is 2.65 bits per heavy atom. The molecule has 2 aromatic rings. The van der Waals surface area contributed by atoms with Crippen molar-refractivity contribution in [3.05, 3.63) is 59.9 Å². The average molecular weight is 321 g/mol. The smallest absolute Gasteiger partial charge is 0.317 e. The number of halogens is 2. The SMILES string of the molecule is CN(Cc1ccncc1)C(=O)NCCOc1ccc(F)c(F)c1. The minimum absolute atomic E-state index is 0.153. The van der Waals surface area contributed by atoms with E-state index in [1.165, 1.54) is 11.0 Å². The van der Waals surface area contributed by atoms with Crippen LogP contribution in [0.5, 0.6) is 5.75 Å². The van der Waals surface area contributed by atoms with Crippen LogP contribution in [0.15, 0.2) is 42.7 Å². The molecule has 7 heteroatoms. The Hall–Kier alpha value is -2.70. The summed E-state index contributed by atoms with van der Waals surface area (Å²) < 4.78 is 31.0. The second-order valence-corrected chi connectivity index (χ2v) is 4.87. The van der Waals surface area contributed by atoms with Crippen LogP contribution in [0.2, 0.25) is 0 Å². The minimum atomic E-state index is -0.969. The molecule has 5 nitrogen and oxygen atoms in total. The molecule has 1 aromatic carbocycles. The highest BCUT2D eigenvalue weighted by Crippen LogP contribution is 2.14. The van der Waals surface area contributed by atoms with Crippen LogP contribution in [-0.4, -0.2) is 36.1 Å². The lowest BCUT2D eigenvalue weighted by molar-refractivity contribution is 0.203. The van der Waals surface area contributed by atoms with Crippen molar-refractivity contribution in [3.63, 3.8) is 0 Å². The van der Waals surface area contributed by atoms with E-state index >= 15 is 0 Å². The molecule has 2 amide bonds. The molecule has 2 rings (SSSR count). The molecule has 1 N–H and O–H groups in total. The van der Waals surface area contributed by atoms with Gasteiger partial charge in [-0.05, 0) is 29.8 Å². The number of nitrogens with one attached hydrogen (secondary N) is 1. The number of carbonyl (C=O) groups excluding carboxylic acids is 1. The van der Waals surface area contributed by atoms with Gasteiger partial charge in [0.1, 0.15) is 12.4 Å². The summed E-state index contributed by atoms with van der Waals surface area (Å²) in [5.41, 5.74) is 0.968. The first-order valence-electron chi connectivity index (χ1n) is 7.02. The molecule has 23 heavy (non-hydrogen) atoms. The molecule has 1 heterocycles. The largest absolute Gasteiger partial charge is 0.492 e. The molecule has 0 atom stereocenters. The van der Waals surface area contributed by atoms with Gasteiger partial charge in [0.05, 0.1) is 6.54 Å². The van der Waals surface area contributed by atoms with Crippen LogP contribution in [0.1, 0.15) is 5.56 Å². The van der Waals surface area contributed by atoms with Crippen molar-refractivity contribution in [1.29, 1.82) is 0 Å². The maximum absolute atomic E-state index is 13.0. The number of ether oxygens (including phenoxy) is 1. The van der Waals surface area contributed by atoms with Gasteiger partial charge in [-0.3, -0.25) is 4.98 Å². The highest BCUT2D eigenvalue weighted by molar-refractivity contribution is 5.73. The molecule has 0 fully saturated rings. The van der Waals surface area contributed by atoms with Crippen LogP contribution in [0.4, 0.5) is 13.6 Å². The maximum Gasteiger partial charge on any atom is 0.317 e. The Morgan fingerprint density at radius 1 is 1.22 bits per heavy atom. The minimum Gasteiger partial charge on any atom is -0.492 e. The molecule has 122 valence electrons. The topological polar surface area (TPSA) is 54.5 Å². The van der Waals surface area contributed by atoms with Gasteiger partial charge in [0, 0.05) is 32.1 Å². The molecule has 0 aliphatic carbocycles. The van der Waals surface area contributed by atoms with Crippen LogP contribution < -0.4 is 10.1 Å². The zero-order valence-electron chi connectivity index (χ0n) is 12.6. The van der Waals surface area contributed by atoms with Gasteiger partial charge >= 0.3 is 6.03 Å². The van der Waals surface area contributed by atoms with Crippen molar-refractivity contribution in [2.75, 3.05) is 20.2 Å². The fourth-order valence-electron chi connectivity index (χ4n) is 1.86. The van der Waals surface area contributed by atoms with E-state index in [1.807, 2.05) is 12.1 Å². The van der Waals surface area contributed by atoms with Crippen LogP contribution in [0.3, 0.4) is 0 Å². The van der Waals surface area contributed by atoms with E-state index in [2.05, 4.69) is 10.3 Å². The van der Waals surface area contributed by atoms with Gasteiger partial charge in [-0.2, -0.15) is 0 Å². The number of carbonyl (C=O) groups is 1. The first-order valence-corrected chi connectivity index (χ1v) is 7.02. The predicted octanol–water partition coefficient (Wildman–Crippen LogP) is 2.58. The normalized spacial score (nSPS) is 10.2. The number of aromatic nitrogens is 1. The summed E-state index contributed by atoms with van der Waals surface area (Å²) in [4.78, 5) is 17.3. The van der Waals surface area contributed by atoms with E-state index in [-0.39, 0.29) is 24.9 Å². The molecule has 0 unspecified atom stereocenters. The Kier molecular flexibility index (Phi) is 5.85. The second-order valence-electron chi connectivity index (χ2n) is 4.87. The zero-order chi connectivity index (χ0) is 16.7. The summed E-state index contributed by atoms with van der Waals surface area (Å²) in [6.45, 7) is 0.858. The lowest BCUT2D eigenvalue weighted by Gasteiger charge is -2.18. The van der Waals surface area contributed by atoms with E-state index < -0.39 is 11.6 Å². The van der Waals surface area contributed by atoms with Crippen molar-refractivity contribution in [2.24, 2.45) is 0 Å². The molecule has 0 saturated carbocycles. The summed E-state index contributed by atoms with van der Waals surface area (Å²) in [5, 5.41) is 2.68. The predicted molar refractivity (Wildman–Crippen MR) is 81.0 cm³/mol. The van der Waals surface area contributed by atoms with Gasteiger partial charge in [0.2, 0.25) is 0 Å². The van der Waals surface area contributed by atoms with E-state index in [0.29, 0.717) is 6.54 Å². The number of nitrogens with zero attached hydrogens (tertiary/aromatic N) is 2. The number of amides is 2. The van der Waals surface area contributed by atoms with Gasteiger partial charge in [0.25, 0.3) is 0 Å². The Bertz CT molecular complexity index is 653. The lowest BCUT2D eigenvalue weighted by atomic mass is 10.2. The van der Waals surface area contributed by atoms with Crippen molar-refractivity contribution < 1.29 is 18.3 Å². The molecule has 0 bridgehead atoms. The maximum atomic E-state index is 13.0. The fourth-order valence-corrected chi connectivity index (χ4v) is 1.86. The molecular formula is C16H17F2N3O2. The number of benzene rings is 1. The molecule has 0 radical (unpaired) electrons. The summed E-state index contributed by atoms with van der Waals surface area (Å²) >= 11 is 0. The summed E-state index contributed by atoms with van der Waals surface area (Å²) in [6.07, 6.45) is 3.33. The summed E-state index contributed by atoms with van der Waals surface area (Å²) in [6, 6.07) is 6.69. The van der Waals surface area contributed by atoms with Crippen LogP contribution >= 0.6 is 0 Å². The van der Waals surface area contributed by atoms with E-state index in [0.717, 1.165) is 17.7 Å². The number of hydrogen-bond acceptors (Lipinski definition) is 3. The van der Waals surface area contributed by atoms with E-state index in [9.17, 15) is 13.6 Å². The molecule has 1 aromatic heterocycles. The van der Waals surface area contributed by atoms with Crippen LogP contribution in [-0.2, 0) is 6.54 Å². The van der Waals surface area contributed by atoms with Crippen LogP contribution in [0.25, 0.3) is 0 Å². The molecule has 0 saturated heterocycles. The second kappa shape index (κ2) is 8.07. The molecular weight excluding hydrogens is 304 g/mol. The van der Waals surface area contributed by atoms with Crippen molar-refractivity contribution >= 4 is 6.03 Å². The van der Waals surface area contributed by atoms with E-state index in [4.69, 9.17) is 4.74 Å². The lowest BCUT2D eigenvalue weighted by Crippen LogP contribution is -2.38. The van der Waals surface area contributed by atoms with Gasteiger partial charge in [-0.25, -0.2) is 13.6 Å². The molecule has 0 aliphatic heterocycles. The van der Waals surface area contributed by atoms with Gasteiger partial charge in [-0.1, -0.05) is 0 Å². The number of rotatable bonds is 6. The third kappa shape index (κ3) is 5.21. The Balaban J connectivity index is 1.71. The standard InChI is InChI=1S/C16H17F2N3O2/c1-21(11-12-4-6-19-7-5-12)16(22)20-8-9-23-13-2-3-14(17)15(18)10-13/h2-7,10H,8-9,11H2,1H3,(H,20,22). The number of urea groups is 1. The Morgan fingerprint density at radius 2 is 1.96 bits per heavy atom. The molecule has 0 spiro atoms. The highest BCUT2D eigenvalue weighted by atomic mass is 19.2. The quantitative estimate of drug-likeness (QED) is 0.832. The first-order chi connectivity index (χ1) is 11.1. The Labute approximate surface area is 132 Å². The average Bonchev–Trinajstić information content (AvgIpc) is 2.55. The fraction of sp³-hybridized carbons (Fsp3) is 0.250. The van der Waals surface area contributed by atoms with Gasteiger partial charge in [0.15, 0.2) is 11.6 Å². The van der Waals surface area contributed by atoms with Crippen molar-refractivity contribution in [3.8, 4) is 5.75 Å². The monoisotopic (exact) mass is 321 g/mol. The van der Waals surface area contributed by atoms with Crippen molar-refractivity contribution in [2.45, 2.75) is 6.54 Å². The third-order valence-electron chi connectivity index (χ3n) is 3.05. The zero-order valence-corrected chi connectivity index (χ0v) is 12.6. The summed E-state index contributed by atoms with van der Waals surface area (Å²) in [7, 11) is 1.67. The number of pyridine rings is 1. The molecule has 0 aliphatic rings. The number of hydrogen-bond donors (Lipinski definition) is 1. The highest BCUT2D eigenvalue weighted by Gasteiger charge is 2.08. The summed E-state index contributed by atoms with van der Waals surface area (Å²) in [5.74, 6) is -1.68. The van der Waals surface area contributed by atoms with Crippen LogP contribution in [0, 0.1) is 11.6 Å². The van der Waals surface area contributed by atoms with E-state index in [1.54, 1.807) is 19.4 Å². The van der Waals surface area contributed by atoms with Gasteiger partial charge in [-0.15, -0.1) is 0 Å². The third-order valence-corrected chi connectivity index (χ3v) is 3.05. The first kappa shape index (κ1) is 16.7. The van der Waals surface area contributed by atoms with Crippen molar-refractivity contribution in [1.82, 2.24) is 15.2 Å².